The molecule has 0 radical (unpaired) electrons. The Morgan fingerprint density at radius 1 is 1.36 bits per heavy atom. The maximum atomic E-state index is 12.1. The monoisotopic (exact) mass is 305 g/mol. The Kier molecular flexibility index (Phi) is 4.71. The van der Waals surface area contributed by atoms with Crippen LogP contribution in [0.4, 0.5) is 10.5 Å². The van der Waals surface area contributed by atoms with Crippen LogP contribution in [0.1, 0.15) is 25.8 Å². The molecule has 120 valence electrons. The summed E-state index contributed by atoms with van der Waals surface area (Å²) in [7, 11) is 0. The number of hydrogen-bond donors (Lipinski definition) is 3. The maximum Gasteiger partial charge on any atom is 0.315 e. The van der Waals surface area contributed by atoms with Crippen LogP contribution in [0.25, 0.3) is 0 Å². The van der Waals surface area contributed by atoms with E-state index in [4.69, 9.17) is 5.11 Å². The van der Waals surface area contributed by atoms with Crippen molar-refractivity contribution >= 4 is 17.6 Å². The first-order valence-corrected chi connectivity index (χ1v) is 7.37. The van der Waals surface area contributed by atoms with Gasteiger partial charge < -0.3 is 20.6 Å². The average Bonchev–Trinajstić information content (AvgIpc) is 2.79. The van der Waals surface area contributed by atoms with Crippen LogP contribution < -0.4 is 15.5 Å². The van der Waals surface area contributed by atoms with Crippen molar-refractivity contribution in [1.29, 1.82) is 0 Å². The van der Waals surface area contributed by atoms with Gasteiger partial charge in [0.2, 0.25) is 5.91 Å². The number of carbonyl (C=O) groups excluding carboxylic acids is 2. The van der Waals surface area contributed by atoms with Crippen molar-refractivity contribution in [2.24, 2.45) is 0 Å². The highest BCUT2D eigenvalue weighted by Crippen LogP contribution is 2.21. The second-order valence-corrected chi connectivity index (χ2v) is 6.38. The zero-order chi connectivity index (χ0) is 16.3. The summed E-state index contributed by atoms with van der Waals surface area (Å²) in [6, 6.07) is 7.13. The van der Waals surface area contributed by atoms with Gasteiger partial charge in [0.25, 0.3) is 0 Å². The Bertz CT molecular complexity index is 554. The fraction of sp³-hybridized carbons (Fsp3) is 0.500. The number of rotatable bonds is 4. The normalized spacial score (nSPS) is 18.5. The van der Waals surface area contributed by atoms with Crippen molar-refractivity contribution in [3.63, 3.8) is 0 Å². The number of carbonyl (C=O) groups is 2. The van der Waals surface area contributed by atoms with Gasteiger partial charge in [0, 0.05) is 18.7 Å². The van der Waals surface area contributed by atoms with Crippen LogP contribution in [0.5, 0.6) is 0 Å². The summed E-state index contributed by atoms with van der Waals surface area (Å²) in [5.41, 5.74) is 1.29. The number of benzene rings is 1. The Labute approximate surface area is 130 Å². The van der Waals surface area contributed by atoms with E-state index in [1.165, 1.54) is 0 Å². The van der Waals surface area contributed by atoms with Crippen molar-refractivity contribution < 1.29 is 14.7 Å². The molecule has 0 unspecified atom stereocenters. The molecule has 0 bridgehead atoms. The predicted octanol–water partition coefficient (Wildman–Crippen LogP) is 1.17. The molecule has 1 atom stereocenters. The summed E-state index contributed by atoms with van der Waals surface area (Å²) in [5, 5.41) is 14.6. The van der Waals surface area contributed by atoms with E-state index < -0.39 is 5.54 Å². The lowest BCUT2D eigenvalue weighted by molar-refractivity contribution is -0.117. The fourth-order valence-corrected chi connectivity index (χ4v) is 2.35. The molecule has 1 aliphatic heterocycles. The lowest BCUT2D eigenvalue weighted by atomic mass is 10.1. The number of hydrogen-bond acceptors (Lipinski definition) is 3. The predicted molar refractivity (Wildman–Crippen MR) is 84.8 cm³/mol. The van der Waals surface area contributed by atoms with Gasteiger partial charge in [-0.1, -0.05) is 17.7 Å². The van der Waals surface area contributed by atoms with E-state index in [0.29, 0.717) is 6.54 Å². The molecular formula is C16H23N3O3. The van der Waals surface area contributed by atoms with E-state index in [9.17, 15) is 9.59 Å². The molecule has 0 aromatic heterocycles. The lowest BCUT2D eigenvalue weighted by Crippen LogP contribution is -2.53. The van der Waals surface area contributed by atoms with Crippen LogP contribution in [0, 0.1) is 6.92 Å². The summed E-state index contributed by atoms with van der Waals surface area (Å²) >= 11 is 0. The van der Waals surface area contributed by atoms with Crippen molar-refractivity contribution in [1.82, 2.24) is 10.6 Å². The topological polar surface area (TPSA) is 81.7 Å². The number of nitrogens with zero attached hydrogens (tertiary/aromatic N) is 1. The Balaban J connectivity index is 1.95. The van der Waals surface area contributed by atoms with E-state index in [0.717, 1.165) is 11.3 Å². The van der Waals surface area contributed by atoms with Gasteiger partial charge in [-0.25, -0.2) is 4.79 Å². The molecule has 1 heterocycles. The van der Waals surface area contributed by atoms with Gasteiger partial charge in [0.15, 0.2) is 0 Å². The first kappa shape index (κ1) is 16.3. The number of nitrogens with one attached hydrogen (secondary N) is 2. The third-order valence-electron chi connectivity index (χ3n) is 3.65. The smallest absolute Gasteiger partial charge is 0.315 e. The molecule has 0 aliphatic carbocycles. The third kappa shape index (κ3) is 3.98. The van der Waals surface area contributed by atoms with Gasteiger partial charge in [-0.05, 0) is 32.9 Å². The molecule has 1 aromatic rings. The summed E-state index contributed by atoms with van der Waals surface area (Å²) in [6.07, 6.45) is 0.279. The van der Waals surface area contributed by atoms with Crippen LogP contribution in [-0.2, 0) is 4.79 Å². The van der Waals surface area contributed by atoms with Crippen molar-refractivity contribution in [3.05, 3.63) is 29.8 Å². The zero-order valence-electron chi connectivity index (χ0n) is 13.2. The lowest BCUT2D eigenvalue weighted by Gasteiger charge is -2.25. The summed E-state index contributed by atoms with van der Waals surface area (Å²) in [6.45, 7) is 5.75. The van der Waals surface area contributed by atoms with Gasteiger partial charge in [0.05, 0.1) is 18.2 Å². The van der Waals surface area contributed by atoms with E-state index in [1.807, 2.05) is 31.2 Å². The van der Waals surface area contributed by atoms with Crippen molar-refractivity contribution in [2.45, 2.75) is 38.8 Å². The molecule has 22 heavy (non-hydrogen) atoms. The van der Waals surface area contributed by atoms with Crippen LogP contribution in [-0.4, -0.2) is 41.8 Å². The van der Waals surface area contributed by atoms with Gasteiger partial charge >= 0.3 is 6.03 Å². The first-order chi connectivity index (χ1) is 10.3. The van der Waals surface area contributed by atoms with E-state index in [2.05, 4.69) is 10.6 Å². The molecule has 1 aromatic carbocycles. The minimum Gasteiger partial charge on any atom is -0.394 e. The van der Waals surface area contributed by atoms with Gasteiger partial charge in [-0.3, -0.25) is 4.79 Å². The van der Waals surface area contributed by atoms with Gasteiger partial charge in [-0.2, -0.15) is 0 Å². The molecule has 6 nitrogen and oxygen atoms in total. The van der Waals surface area contributed by atoms with Crippen LogP contribution in [0.3, 0.4) is 0 Å². The van der Waals surface area contributed by atoms with Crippen LogP contribution >= 0.6 is 0 Å². The maximum absolute atomic E-state index is 12.1. The zero-order valence-corrected chi connectivity index (χ0v) is 13.2. The summed E-state index contributed by atoms with van der Waals surface area (Å²) in [5.74, 6) is -0.00410. The number of amides is 3. The van der Waals surface area contributed by atoms with Crippen molar-refractivity contribution in [2.75, 3.05) is 18.1 Å². The Morgan fingerprint density at radius 3 is 2.59 bits per heavy atom. The minimum absolute atomic E-state index is 0.00410. The highest BCUT2D eigenvalue weighted by molar-refractivity contribution is 5.96. The third-order valence-corrected chi connectivity index (χ3v) is 3.65. The molecule has 1 fully saturated rings. The number of aryl methyl sites for hydroxylation is 1. The quantitative estimate of drug-likeness (QED) is 0.781. The standard InChI is InChI=1S/C16H23N3O3/c1-11-4-6-13(7-5-11)19-9-12(8-14(19)21)17-15(22)18-16(2,3)10-20/h4-7,12,20H,8-10H2,1-3H3,(H2,17,18,22)/t12-/m0/s1. The first-order valence-electron chi connectivity index (χ1n) is 7.37. The highest BCUT2D eigenvalue weighted by atomic mass is 16.3. The second kappa shape index (κ2) is 6.36. The Morgan fingerprint density at radius 2 is 2.00 bits per heavy atom. The molecule has 0 saturated carbocycles. The minimum atomic E-state index is -0.691. The number of urea groups is 1. The van der Waals surface area contributed by atoms with E-state index in [-0.39, 0.29) is 31.0 Å². The average molecular weight is 305 g/mol. The largest absolute Gasteiger partial charge is 0.394 e. The SMILES string of the molecule is Cc1ccc(N2C[C@@H](NC(=O)NC(C)(C)CO)CC2=O)cc1. The van der Waals surface area contributed by atoms with E-state index in [1.54, 1.807) is 18.7 Å². The van der Waals surface area contributed by atoms with E-state index >= 15 is 0 Å². The number of aliphatic hydroxyl groups excluding tert-OH is 1. The Hall–Kier alpha value is -2.08. The van der Waals surface area contributed by atoms with Gasteiger partial charge in [-0.15, -0.1) is 0 Å². The number of anilines is 1. The fourth-order valence-electron chi connectivity index (χ4n) is 2.35. The molecule has 2 rings (SSSR count). The molecule has 1 saturated heterocycles. The molecule has 3 N–H and O–H groups in total. The summed E-state index contributed by atoms with van der Waals surface area (Å²) < 4.78 is 0. The van der Waals surface area contributed by atoms with Gasteiger partial charge in [0.1, 0.15) is 0 Å². The molecule has 0 spiro atoms. The summed E-state index contributed by atoms with van der Waals surface area (Å²) in [4.78, 5) is 25.7. The van der Waals surface area contributed by atoms with Crippen LogP contribution in [0.15, 0.2) is 24.3 Å². The highest BCUT2D eigenvalue weighted by Gasteiger charge is 2.32. The van der Waals surface area contributed by atoms with Crippen molar-refractivity contribution in [3.8, 4) is 0 Å². The molecule has 6 heteroatoms. The second-order valence-electron chi connectivity index (χ2n) is 6.38. The molecule has 3 amide bonds. The number of aliphatic hydroxyl groups is 1. The molecular weight excluding hydrogens is 282 g/mol. The molecule has 1 aliphatic rings. The van der Waals surface area contributed by atoms with Crippen LogP contribution in [0.2, 0.25) is 0 Å².